The molecule has 1 aromatic carbocycles. The van der Waals surface area contributed by atoms with Crippen LogP contribution < -0.4 is 11.1 Å². The zero-order valence-corrected chi connectivity index (χ0v) is 11.8. The number of nitrogens with two attached hydrogens (primary N) is 1. The molecule has 1 aromatic heterocycles. The topological polar surface area (TPSA) is 91.1 Å². The van der Waals surface area contributed by atoms with Crippen LogP contribution in [0.25, 0.3) is 10.9 Å². The normalized spacial score (nSPS) is 12.8. The van der Waals surface area contributed by atoms with Crippen molar-refractivity contribution in [3.8, 4) is 0 Å². The van der Waals surface area contributed by atoms with Crippen molar-refractivity contribution >= 4 is 22.5 Å². The molecule has 5 heteroatoms. The number of nitrogens with one attached hydrogen (secondary N) is 2. The van der Waals surface area contributed by atoms with Gasteiger partial charge in [-0.2, -0.15) is 0 Å². The van der Waals surface area contributed by atoms with E-state index in [0.717, 1.165) is 10.9 Å². The first-order valence-electron chi connectivity index (χ1n) is 6.81. The Morgan fingerprint density at radius 1 is 1.45 bits per heavy atom. The lowest BCUT2D eigenvalue weighted by Crippen LogP contribution is -2.32. The molecule has 20 heavy (non-hydrogen) atoms. The van der Waals surface area contributed by atoms with Crippen LogP contribution in [0.3, 0.4) is 0 Å². The number of amides is 1. The first kappa shape index (κ1) is 14.4. The molecule has 2 rings (SSSR count). The van der Waals surface area contributed by atoms with Gasteiger partial charge in [0.05, 0.1) is 17.3 Å². The van der Waals surface area contributed by atoms with E-state index in [2.05, 4.69) is 10.3 Å². The second kappa shape index (κ2) is 5.96. The van der Waals surface area contributed by atoms with Crippen LogP contribution in [0.4, 0.5) is 5.69 Å². The number of para-hydroxylation sites is 1. The Balaban J connectivity index is 2.03. The molecule has 0 bridgehead atoms. The predicted molar refractivity (Wildman–Crippen MR) is 80.5 cm³/mol. The maximum Gasteiger partial charge on any atom is 0.267 e. The van der Waals surface area contributed by atoms with E-state index < -0.39 is 6.10 Å². The third-order valence-electron chi connectivity index (χ3n) is 3.17. The minimum absolute atomic E-state index is 0.233. The molecule has 0 aliphatic rings. The van der Waals surface area contributed by atoms with Gasteiger partial charge in [0.1, 0.15) is 5.69 Å². The van der Waals surface area contributed by atoms with E-state index in [0.29, 0.717) is 23.7 Å². The number of aromatic amines is 1. The van der Waals surface area contributed by atoms with Crippen molar-refractivity contribution in [1.29, 1.82) is 0 Å². The maximum absolute atomic E-state index is 12.0. The summed E-state index contributed by atoms with van der Waals surface area (Å²) in [5.41, 5.74) is 7.67. The largest absolute Gasteiger partial charge is 0.397 e. The number of H-pyrrole nitrogens is 1. The van der Waals surface area contributed by atoms with Crippen LogP contribution in [-0.2, 0) is 0 Å². The van der Waals surface area contributed by atoms with Gasteiger partial charge in [-0.1, -0.05) is 26.0 Å². The van der Waals surface area contributed by atoms with E-state index in [1.165, 1.54) is 0 Å². The van der Waals surface area contributed by atoms with Gasteiger partial charge in [-0.25, -0.2) is 0 Å². The Bertz CT molecular complexity index is 604. The van der Waals surface area contributed by atoms with Crippen LogP contribution in [-0.4, -0.2) is 28.6 Å². The van der Waals surface area contributed by atoms with E-state index in [-0.39, 0.29) is 12.5 Å². The van der Waals surface area contributed by atoms with Crippen molar-refractivity contribution in [2.24, 2.45) is 5.92 Å². The summed E-state index contributed by atoms with van der Waals surface area (Å²) < 4.78 is 0. The summed E-state index contributed by atoms with van der Waals surface area (Å²) in [5.74, 6) is 0.165. The van der Waals surface area contributed by atoms with Crippen molar-refractivity contribution in [3.63, 3.8) is 0 Å². The van der Waals surface area contributed by atoms with Gasteiger partial charge in [-0.05, 0) is 24.5 Å². The van der Waals surface area contributed by atoms with Crippen molar-refractivity contribution in [3.05, 3.63) is 30.0 Å². The molecule has 1 atom stereocenters. The Kier molecular flexibility index (Phi) is 4.29. The zero-order chi connectivity index (χ0) is 14.7. The summed E-state index contributed by atoms with van der Waals surface area (Å²) in [6, 6.07) is 7.29. The third kappa shape index (κ3) is 3.30. The number of nitrogen functional groups attached to an aromatic ring is 1. The second-order valence-electron chi connectivity index (χ2n) is 5.49. The summed E-state index contributed by atoms with van der Waals surface area (Å²) in [6.45, 7) is 4.32. The summed E-state index contributed by atoms with van der Waals surface area (Å²) in [6.07, 6.45) is 0.147. The molecular formula is C15H21N3O2. The van der Waals surface area contributed by atoms with E-state index >= 15 is 0 Å². The number of hydrogen-bond donors (Lipinski definition) is 4. The van der Waals surface area contributed by atoms with E-state index in [4.69, 9.17) is 5.73 Å². The van der Waals surface area contributed by atoms with Crippen molar-refractivity contribution in [1.82, 2.24) is 10.3 Å². The second-order valence-corrected chi connectivity index (χ2v) is 5.49. The molecule has 1 heterocycles. The molecule has 0 radical (unpaired) electrons. The predicted octanol–water partition coefficient (Wildman–Crippen LogP) is 1.89. The molecule has 1 amide bonds. The number of anilines is 1. The first-order chi connectivity index (χ1) is 9.47. The summed E-state index contributed by atoms with van der Waals surface area (Å²) >= 11 is 0. The van der Waals surface area contributed by atoms with Gasteiger partial charge in [-0.3, -0.25) is 4.79 Å². The minimum Gasteiger partial charge on any atom is -0.397 e. The lowest BCUT2D eigenvalue weighted by Gasteiger charge is -2.13. The van der Waals surface area contributed by atoms with Gasteiger partial charge in [0.2, 0.25) is 0 Å². The summed E-state index contributed by atoms with van der Waals surface area (Å²) in [5, 5.41) is 13.4. The highest BCUT2D eigenvalue weighted by Crippen LogP contribution is 2.20. The standard InChI is InChI=1S/C15H21N3O2/c1-9(2)6-11(19)8-17-15(20)13-7-10-4-3-5-12(16)14(10)18-13/h3-5,7,9,11,18-19H,6,8,16H2,1-2H3,(H,17,20). The van der Waals surface area contributed by atoms with E-state index in [9.17, 15) is 9.90 Å². The molecule has 0 spiro atoms. The Labute approximate surface area is 118 Å². The first-order valence-corrected chi connectivity index (χ1v) is 6.81. The van der Waals surface area contributed by atoms with Gasteiger partial charge in [0.15, 0.2) is 0 Å². The minimum atomic E-state index is -0.520. The highest BCUT2D eigenvalue weighted by molar-refractivity contribution is 6.00. The summed E-state index contributed by atoms with van der Waals surface area (Å²) in [7, 11) is 0. The van der Waals surface area contributed by atoms with Gasteiger partial charge < -0.3 is 21.1 Å². The lowest BCUT2D eigenvalue weighted by molar-refractivity contribution is 0.0896. The molecule has 108 valence electrons. The van der Waals surface area contributed by atoms with Crippen molar-refractivity contribution < 1.29 is 9.90 Å². The number of rotatable bonds is 5. The van der Waals surface area contributed by atoms with Crippen molar-refractivity contribution in [2.45, 2.75) is 26.4 Å². The smallest absolute Gasteiger partial charge is 0.267 e. The quantitative estimate of drug-likeness (QED) is 0.628. The number of fused-ring (bicyclic) bond motifs is 1. The average Bonchev–Trinajstić information content (AvgIpc) is 2.80. The van der Waals surface area contributed by atoms with Crippen LogP contribution in [0.5, 0.6) is 0 Å². The van der Waals surface area contributed by atoms with E-state index in [1.807, 2.05) is 26.0 Å². The molecule has 0 aliphatic carbocycles. The van der Waals surface area contributed by atoms with Gasteiger partial charge >= 0.3 is 0 Å². The Hall–Kier alpha value is -2.01. The molecule has 2 aromatic rings. The SMILES string of the molecule is CC(C)CC(O)CNC(=O)c1cc2cccc(N)c2[nH]1. The molecular weight excluding hydrogens is 254 g/mol. The molecule has 5 nitrogen and oxygen atoms in total. The molecule has 0 saturated carbocycles. The highest BCUT2D eigenvalue weighted by Gasteiger charge is 2.13. The fraction of sp³-hybridized carbons (Fsp3) is 0.400. The van der Waals surface area contributed by atoms with Gasteiger partial charge in [0, 0.05) is 11.9 Å². The number of aliphatic hydroxyl groups is 1. The van der Waals surface area contributed by atoms with Crippen molar-refractivity contribution in [2.75, 3.05) is 12.3 Å². The maximum atomic E-state index is 12.0. The average molecular weight is 275 g/mol. The fourth-order valence-electron chi connectivity index (χ4n) is 2.24. The number of carbonyl (C=O) groups excluding carboxylic acids is 1. The lowest BCUT2D eigenvalue weighted by atomic mass is 10.1. The number of hydrogen-bond acceptors (Lipinski definition) is 3. The number of aromatic nitrogens is 1. The molecule has 0 fully saturated rings. The van der Waals surface area contributed by atoms with E-state index in [1.54, 1.807) is 12.1 Å². The van der Waals surface area contributed by atoms with Crippen LogP contribution in [0.15, 0.2) is 24.3 Å². The zero-order valence-electron chi connectivity index (χ0n) is 11.8. The van der Waals surface area contributed by atoms with Crippen LogP contribution in [0.1, 0.15) is 30.8 Å². The fourth-order valence-corrected chi connectivity index (χ4v) is 2.24. The Morgan fingerprint density at radius 3 is 2.85 bits per heavy atom. The molecule has 1 unspecified atom stereocenters. The summed E-state index contributed by atoms with van der Waals surface area (Å²) in [4.78, 5) is 15.0. The van der Waals surface area contributed by atoms with Gasteiger partial charge in [0.25, 0.3) is 5.91 Å². The highest BCUT2D eigenvalue weighted by atomic mass is 16.3. The van der Waals surface area contributed by atoms with Crippen LogP contribution in [0.2, 0.25) is 0 Å². The number of carbonyl (C=O) groups is 1. The molecule has 0 saturated heterocycles. The third-order valence-corrected chi connectivity index (χ3v) is 3.17. The number of aliphatic hydroxyl groups excluding tert-OH is 1. The molecule has 0 aliphatic heterocycles. The number of benzene rings is 1. The monoisotopic (exact) mass is 275 g/mol. The van der Waals surface area contributed by atoms with Crippen LogP contribution >= 0.6 is 0 Å². The van der Waals surface area contributed by atoms with Gasteiger partial charge in [-0.15, -0.1) is 0 Å². The molecule has 5 N–H and O–H groups in total. The Morgan fingerprint density at radius 2 is 2.20 bits per heavy atom. The van der Waals surface area contributed by atoms with Crippen LogP contribution in [0, 0.1) is 5.92 Å².